The lowest BCUT2D eigenvalue weighted by atomic mass is 9.89. The first-order valence-corrected chi connectivity index (χ1v) is 7.65. The second-order valence-corrected chi connectivity index (χ2v) is 5.85. The van der Waals surface area contributed by atoms with Gasteiger partial charge in [-0.2, -0.15) is 0 Å². The van der Waals surface area contributed by atoms with Gasteiger partial charge in [-0.25, -0.2) is 9.97 Å². The van der Waals surface area contributed by atoms with Crippen LogP contribution < -0.4 is 5.32 Å². The van der Waals surface area contributed by atoms with Crippen molar-refractivity contribution in [3.8, 4) is 0 Å². The highest BCUT2D eigenvalue weighted by atomic mass is 127. The number of halogens is 1. The Morgan fingerprint density at radius 3 is 2.82 bits per heavy atom. The summed E-state index contributed by atoms with van der Waals surface area (Å²) in [6, 6.07) is 0. The van der Waals surface area contributed by atoms with Gasteiger partial charge in [0.2, 0.25) is 0 Å². The lowest BCUT2D eigenvalue weighted by Crippen LogP contribution is -2.12. The molecule has 1 saturated carbocycles. The summed E-state index contributed by atoms with van der Waals surface area (Å²) >= 11 is 2.30. The van der Waals surface area contributed by atoms with Crippen molar-refractivity contribution in [1.29, 1.82) is 0 Å². The van der Waals surface area contributed by atoms with Crippen LogP contribution in [0.15, 0.2) is 6.20 Å². The Labute approximate surface area is 117 Å². The molecule has 0 radical (unpaired) electrons. The van der Waals surface area contributed by atoms with Gasteiger partial charge in [0.25, 0.3) is 0 Å². The van der Waals surface area contributed by atoms with Gasteiger partial charge in [-0.1, -0.05) is 26.2 Å². The predicted octanol–water partition coefficient (Wildman–Crippen LogP) is 3.95. The standard InChI is InChI=1S/C13H20IN3/c1-2-8-15-13-11(14)9-16-12(17-13)10-6-4-3-5-7-10/h9-10H,2-8H2,1H3,(H,15,16,17). The zero-order chi connectivity index (χ0) is 12.1. The van der Waals surface area contributed by atoms with E-state index < -0.39 is 0 Å². The van der Waals surface area contributed by atoms with Crippen LogP contribution >= 0.6 is 22.6 Å². The third-order valence-corrected chi connectivity index (χ3v) is 4.06. The molecule has 0 saturated heterocycles. The molecule has 3 nitrogen and oxygen atoms in total. The minimum absolute atomic E-state index is 0.586. The van der Waals surface area contributed by atoms with Crippen LogP contribution in [-0.2, 0) is 0 Å². The van der Waals surface area contributed by atoms with E-state index in [1.54, 1.807) is 0 Å². The molecule has 94 valence electrons. The second kappa shape index (κ2) is 6.52. The highest BCUT2D eigenvalue weighted by Crippen LogP contribution is 2.31. The molecule has 1 heterocycles. The number of anilines is 1. The Hall–Kier alpha value is -0.390. The van der Waals surface area contributed by atoms with Gasteiger partial charge in [0.05, 0.1) is 3.57 Å². The molecule has 1 aliphatic carbocycles. The fraction of sp³-hybridized carbons (Fsp3) is 0.692. The van der Waals surface area contributed by atoms with E-state index in [1.165, 1.54) is 32.1 Å². The number of nitrogens with one attached hydrogen (secondary N) is 1. The van der Waals surface area contributed by atoms with Crippen LogP contribution in [0.3, 0.4) is 0 Å². The number of aromatic nitrogens is 2. The van der Waals surface area contributed by atoms with Crippen LogP contribution in [0.1, 0.15) is 57.2 Å². The summed E-state index contributed by atoms with van der Waals surface area (Å²) in [5, 5.41) is 3.38. The molecule has 0 unspecified atom stereocenters. The largest absolute Gasteiger partial charge is 0.369 e. The van der Waals surface area contributed by atoms with Gasteiger partial charge in [-0.3, -0.25) is 0 Å². The maximum atomic E-state index is 4.70. The van der Waals surface area contributed by atoms with Crippen molar-refractivity contribution in [2.24, 2.45) is 0 Å². The average molecular weight is 345 g/mol. The third-order valence-electron chi connectivity index (χ3n) is 3.28. The summed E-state index contributed by atoms with van der Waals surface area (Å²) in [5.41, 5.74) is 0. The molecule has 0 aromatic carbocycles. The lowest BCUT2D eigenvalue weighted by molar-refractivity contribution is 0.428. The average Bonchev–Trinajstić information content (AvgIpc) is 2.39. The van der Waals surface area contributed by atoms with Crippen LogP contribution in [0, 0.1) is 3.57 Å². The van der Waals surface area contributed by atoms with Crippen molar-refractivity contribution in [2.45, 2.75) is 51.4 Å². The van der Waals surface area contributed by atoms with E-state index in [9.17, 15) is 0 Å². The van der Waals surface area contributed by atoms with E-state index in [-0.39, 0.29) is 0 Å². The molecular formula is C13H20IN3. The Bertz CT molecular complexity index is 362. The molecule has 2 rings (SSSR count). The Morgan fingerprint density at radius 1 is 1.35 bits per heavy atom. The number of hydrogen-bond donors (Lipinski definition) is 1. The van der Waals surface area contributed by atoms with Crippen LogP contribution in [0.2, 0.25) is 0 Å². The molecule has 0 amide bonds. The van der Waals surface area contributed by atoms with Gasteiger partial charge in [0, 0.05) is 18.7 Å². The molecule has 1 aromatic heterocycles. The molecule has 0 spiro atoms. The number of hydrogen-bond acceptors (Lipinski definition) is 3. The molecule has 1 aliphatic rings. The smallest absolute Gasteiger partial charge is 0.143 e. The van der Waals surface area contributed by atoms with Crippen LogP contribution in [0.4, 0.5) is 5.82 Å². The monoisotopic (exact) mass is 345 g/mol. The lowest BCUT2D eigenvalue weighted by Gasteiger charge is -2.20. The SMILES string of the molecule is CCCNc1nc(C2CCCCC2)ncc1I. The summed E-state index contributed by atoms with van der Waals surface area (Å²) in [6.07, 6.45) is 9.63. The number of rotatable bonds is 4. The third kappa shape index (κ3) is 3.53. The van der Waals surface area contributed by atoms with Crippen molar-refractivity contribution in [2.75, 3.05) is 11.9 Å². The molecule has 17 heavy (non-hydrogen) atoms. The van der Waals surface area contributed by atoms with Crippen molar-refractivity contribution in [3.63, 3.8) is 0 Å². The van der Waals surface area contributed by atoms with Crippen molar-refractivity contribution >= 4 is 28.4 Å². The maximum Gasteiger partial charge on any atom is 0.143 e. The van der Waals surface area contributed by atoms with Gasteiger partial charge in [-0.15, -0.1) is 0 Å². The minimum Gasteiger partial charge on any atom is -0.369 e. The summed E-state index contributed by atoms with van der Waals surface area (Å²) in [5.74, 6) is 2.65. The minimum atomic E-state index is 0.586. The fourth-order valence-corrected chi connectivity index (χ4v) is 2.76. The summed E-state index contributed by atoms with van der Waals surface area (Å²) in [7, 11) is 0. The first-order valence-electron chi connectivity index (χ1n) is 6.57. The van der Waals surface area contributed by atoms with Crippen molar-refractivity contribution in [1.82, 2.24) is 9.97 Å². The van der Waals surface area contributed by atoms with E-state index in [1.807, 2.05) is 6.20 Å². The first-order chi connectivity index (χ1) is 8.31. The van der Waals surface area contributed by atoms with Crippen LogP contribution in [0.25, 0.3) is 0 Å². The second-order valence-electron chi connectivity index (χ2n) is 4.69. The molecule has 0 bridgehead atoms. The highest BCUT2D eigenvalue weighted by molar-refractivity contribution is 14.1. The van der Waals surface area contributed by atoms with E-state index >= 15 is 0 Å². The molecule has 0 atom stereocenters. The van der Waals surface area contributed by atoms with Crippen molar-refractivity contribution in [3.05, 3.63) is 15.6 Å². The van der Waals surface area contributed by atoms with Crippen LogP contribution in [-0.4, -0.2) is 16.5 Å². The summed E-state index contributed by atoms with van der Waals surface area (Å²) in [6.45, 7) is 3.15. The first kappa shape index (κ1) is 13.1. The zero-order valence-electron chi connectivity index (χ0n) is 10.4. The van der Waals surface area contributed by atoms with Gasteiger partial charge >= 0.3 is 0 Å². The molecule has 1 N–H and O–H groups in total. The quantitative estimate of drug-likeness (QED) is 0.840. The topological polar surface area (TPSA) is 37.8 Å². The Morgan fingerprint density at radius 2 is 2.12 bits per heavy atom. The highest BCUT2D eigenvalue weighted by Gasteiger charge is 2.18. The van der Waals surface area contributed by atoms with E-state index in [0.29, 0.717) is 5.92 Å². The Kier molecular flexibility index (Phi) is 5.00. The van der Waals surface area contributed by atoms with Crippen molar-refractivity contribution < 1.29 is 0 Å². The summed E-state index contributed by atoms with van der Waals surface area (Å²) in [4.78, 5) is 9.22. The number of nitrogens with zero attached hydrogens (tertiary/aromatic N) is 2. The molecule has 0 aliphatic heterocycles. The maximum absolute atomic E-state index is 4.70. The van der Waals surface area contributed by atoms with Crippen LogP contribution in [0.5, 0.6) is 0 Å². The molecule has 1 fully saturated rings. The Balaban J connectivity index is 2.11. The fourth-order valence-electron chi connectivity index (χ4n) is 2.31. The predicted molar refractivity (Wildman–Crippen MR) is 79.4 cm³/mol. The van der Waals surface area contributed by atoms with Gasteiger partial charge in [0.1, 0.15) is 11.6 Å². The van der Waals surface area contributed by atoms with Gasteiger partial charge in [0.15, 0.2) is 0 Å². The van der Waals surface area contributed by atoms with Gasteiger partial charge < -0.3 is 5.32 Å². The molecular weight excluding hydrogens is 325 g/mol. The molecule has 4 heteroatoms. The molecule has 1 aromatic rings. The van der Waals surface area contributed by atoms with E-state index in [2.05, 4.69) is 39.8 Å². The van der Waals surface area contributed by atoms with E-state index in [0.717, 1.165) is 28.2 Å². The van der Waals surface area contributed by atoms with E-state index in [4.69, 9.17) is 4.98 Å². The normalized spacial score (nSPS) is 17.1. The zero-order valence-corrected chi connectivity index (χ0v) is 12.5. The van der Waals surface area contributed by atoms with Gasteiger partial charge in [-0.05, 0) is 41.9 Å². The summed E-state index contributed by atoms with van der Waals surface area (Å²) < 4.78 is 1.12.